The van der Waals surface area contributed by atoms with Crippen molar-refractivity contribution in [2.75, 3.05) is 12.3 Å². The van der Waals surface area contributed by atoms with Gasteiger partial charge in [-0.05, 0) is 63.7 Å². The zero-order valence-electron chi connectivity index (χ0n) is 17.3. The quantitative estimate of drug-likeness (QED) is 0.685. The van der Waals surface area contributed by atoms with E-state index in [1.54, 1.807) is 6.07 Å². The number of rotatable bonds is 6. The fourth-order valence-electron chi connectivity index (χ4n) is 4.94. The second kappa shape index (κ2) is 8.40. The average molecular weight is 423 g/mol. The van der Waals surface area contributed by atoms with Crippen LogP contribution in [-0.2, 0) is 9.71 Å². The zero-order chi connectivity index (χ0) is 20.6. The molecule has 0 bridgehead atoms. The van der Waals surface area contributed by atoms with Crippen LogP contribution in [-0.4, -0.2) is 55.9 Å². The highest BCUT2D eigenvalue weighted by Gasteiger charge is 2.34. The molecule has 2 heterocycles. The summed E-state index contributed by atoms with van der Waals surface area (Å²) < 4.78 is 20.8. The molecule has 4 rings (SSSR count). The number of hydrogen-bond acceptors (Lipinski definition) is 5. The van der Waals surface area contributed by atoms with E-state index in [-0.39, 0.29) is 24.0 Å². The Bertz CT molecular complexity index is 833. The first kappa shape index (κ1) is 20.9. The molecule has 162 valence electrons. The summed E-state index contributed by atoms with van der Waals surface area (Å²) in [5, 5.41) is 7.00. The topological polar surface area (TPSA) is 101 Å². The minimum atomic E-state index is -2.32. The van der Waals surface area contributed by atoms with Crippen molar-refractivity contribution in [1.82, 2.24) is 14.8 Å². The van der Waals surface area contributed by atoms with Gasteiger partial charge in [-0.3, -0.25) is 9.00 Å². The van der Waals surface area contributed by atoms with Crippen molar-refractivity contribution in [1.29, 1.82) is 0 Å². The number of amides is 1. The van der Waals surface area contributed by atoms with Gasteiger partial charge in [0.2, 0.25) is 0 Å². The fourth-order valence-corrected chi connectivity index (χ4v) is 7.35. The van der Waals surface area contributed by atoms with E-state index in [0.717, 1.165) is 57.1 Å². The van der Waals surface area contributed by atoms with Crippen LogP contribution in [0.3, 0.4) is 0 Å². The molecule has 3 fully saturated rings. The molecule has 3 N–H and O–H groups in total. The molecule has 1 aromatic rings. The lowest BCUT2D eigenvalue weighted by molar-refractivity contribution is 0.0906. The Labute approximate surface area is 173 Å². The van der Waals surface area contributed by atoms with Crippen molar-refractivity contribution >= 4 is 21.5 Å². The lowest BCUT2D eigenvalue weighted by Gasteiger charge is -2.40. The number of nitrogens with two attached hydrogens (primary N) is 1. The predicted molar refractivity (Wildman–Crippen MR) is 115 cm³/mol. The van der Waals surface area contributed by atoms with Gasteiger partial charge in [0.05, 0.1) is 0 Å². The summed E-state index contributed by atoms with van der Waals surface area (Å²) >= 11 is 0. The van der Waals surface area contributed by atoms with Gasteiger partial charge in [0.15, 0.2) is 5.69 Å². The first-order valence-electron chi connectivity index (χ1n) is 11.0. The largest absolute Gasteiger partial charge is 0.360 e. The Morgan fingerprint density at radius 3 is 2.83 bits per heavy atom. The van der Waals surface area contributed by atoms with Gasteiger partial charge in [-0.25, -0.2) is 4.31 Å². The van der Waals surface area contributed by atoms with Crippen molar-refractivity contribution in [2.45, 2.75) is 82.3 Å². The molecule has 5 atom stereocenters. The van der Waals surface area contributed by atoms with Crippen molar-refractivity contribution in [3.8, 4) is 0 Å². The van der Waals surface area contributed by atoms with Gasteiger partial charge < -0.3 is 15.6 Å². The molecule has 7 nitrogen and oxygen atoms in total. The molecule has 2 aliphatic carbocycles. The molecule has 3 aliphatic rings. The first-order valence-corrected chi connectivity index (χ1v) is 12.8. The summed E-state index contributed by atoms with van der Waals surface area (Å²) in [7, 11) is -2.32. The molecular formula is C21H34N4O3S. The Hall–Kier alpha value is -1.38. The molecule has 0 spiro atoms. The third kappa shape index (κ3) is 5.03. The summed E-state index contributed by atoms with van der Waals surface area (Å²) in [4.78, 5) is 12.5. The SMILES string of the molecule is C=S(=O)(C[C@H]1CCC[C@H](N)C1)N1CC[C@H](NC(=O)c2cc(C3CC3)on2)C[C@@H]1C. The number of aromatic nitrogens is 1. The van der Waals surface area contributed by atoms with Gasteiger partial charge in [0.1, 0.15) is 5.76 Å². The molecule has 2 saturated carbocycles. The van der Waals surface area contributed by atoms with Crippen LogP contribution < -0.4 is 11.1 Å². The summed E-state index contributed by atoms with van der Waals surface area (Å²) in [6.45, 7) is 2.76. The second-order valence-corrected chi connectivity index (χ2v) is 11.7. The highest BCUT2D eigenvalue weighted by molar-refractivity contribution is 7.98. The van der Waals surface area contributed by atoms with Gasteiger partial charge in [-0.1, -0.05) is 11.6 Å². The van der Waals surface area contributed by atoms with Crippen LogP contribution in [0.25, 0.3) is 0 Å². The molecular weight excluding hydrogens is 388 g/mol. The lowest BCUT2D eigenvalue weighted by Crippen LogP contribution is -2.52. The first-order chi connectivity index (χ1) is 13.8. The smallest absolute Gasteiger partial charge is 0.273 e. The van der Waals surface area contributed by atoms with Crippen molar-refractivity contribution in [3.05, 3.63) is 17.5 Å². The van der Waals surface area contributed by atoms with Crippen LogP contribution in [0.4, 0.5) is 0 Å². The van der Waals surface area contributed by atoms with Crippen LogP contribution in [0.1, 0.15) is 80.5 Å². The summed E-state index contributed by atoms with van der Waals surface area (Å²) in [6.07, 6.45) is 8.00. The predicted octanol–water partition coefficient (Wildman–Crippen LogP) is 2.28. The van der Waals surface area contributed by atoms with Crippen molar-refractivity contribution in [3.63, 3.8) is 0 Å². The molecule has 1 aromatic heterocycles. The van der Waals surface area contributed by atoms with E-state index in [2.05, 4.69) is 27.6 Å². The summed E-state index contributed by atoms with van der Waals surface area (Å²) in [5.74, 6) is 6.23. The molecule has 29 heavy (non-hydrogen) atoms. The zero-order valence-corrected chi connectivity index (χ0v) is 18.2. The number of carbonyl (C=O) groups excluding carboxylic acids is 1. The number of hydrogen-bond donors (Lipinski definition) is 2. The normalized spacial score (nSPS) is 33.2. The molecule has 1 aliphatic heterocycles. The third-order valence-electron chi connectivity index (χ3n) is 6.64. The Kier molecular flexibility index (Phi) is 6.04. The van der Waals surface area contributed by atoms with Crippen molar-refractivity contribution < 1.29 is 13.5 Å². The maximum Gasteiger partial charge on any atom is 0.273 e. The second-order valence-electron chi connectivity index (χ2n) is 9.31. The minimum absolute atomic E-state index is 0.0492. The fraction of sp³-hybridized carbons (Fsp3) is 0.762. The summed E-state index contributed by atoms with van der Waals surface area (Å²) in [5.41, 5.74) is 6.46. The van der Waals surface area contributed by atoms with E-state index in [9.17, 15) is 9.00 Å². The van der Waals surface area contributed by atoms with E-state index in [1.165, 1.54) is 0 Å². The van der Waals surface area contributed by atoms with Crippen LogP contribution in [0.15, 0.2) is 10.6 Å². The van der Waals surface area contributed by atoms with Crippen LogP contribution in [0.2, 0.25) is 0 Å². The van der Waals surface area contributed by atoms with E-state index < -0.39 is 9.71 Å². The Morgan fingerprint density at radius 1 is 1.34 bits per heavy atom. The molecule has 8 heteroatoms. The van der Waals surface area contributed by atoms with Gasteiger partial charge in [0, 0.05) is 52.1 Å². The average Bonchev–Trinajstić information content (AvgIpc) is 3.37. The monoisotopic (exact) mass is 422 g/mol. The molecule has 1 saturated heterocycles. The lowest BCUT2D eigenvalue weighted by atomic mass is 9.87. The van der Waals surface area contributed by atoms with E-state index in [4.69, 9.17) is 10.3 Å². The van der Waals surface area contributed by atoms with E-state index >= 15 is 0 Å². The van der Waals surface area contributed by atoms with E-state index in [0.29, 0.717) is 29.8 Å². The molecule has 0 aromatic carbocycles. The minimum Gasteiger partial charge on any atom is -0.360 e. The Balaban J connectivity index is 1.30. The van der Waals surface area contributed by atoms with Gasteiger partial charge in [0.25, 0.3) is 5.91 Å². The maximum atomic E-state index is 13.4. The van der Waals surface area contributed by atoms with Crippen LogP contribution in [0.5, 0.6) is 0 Å². The molecule has 0 radical (unpaired) electrons. The number of nitrogens with one attached hydrogen (secondary N) is 1. The number of nitrogens with zero attached hydrogens (tertiary/aromatic N) is 2. The van der Waals surface area contributed by atoms with E-state index in [1.807, 2.05) is 0 Å². The maximum absolute atomic E-state index is 13.4. The molecule has 1 unspecified atom stereocenters. The third-order valence-corrected chi connectivity index (χ3v) is 9.03. The number of carbonyl (C=O) groups is 1. The summed E-state index contributed by atoms with van der Waals surface area (Å²) in [6, 6.07) is 2.16. The van der Waals surface area contributed by atoms with Crippen LogP contribution >= 0.6 is 0 Å². The van der Waals surface area contributed by atoms with Gasteiger partial charge >= 0.3 is 0 Å². The van der Waals surface area contributed by atoms with Gasteiger partial charge in [-0.2, -0.15) is 0 Å². The standard InChI is InChI=1S/C21H34N4O3S/c1-14-10-18(23-21(26)19-12-20(28-24-19)16-6-7-16)8-9-25(14)29(2,27)13-15-4-3-5-17(22)11-15/h12,14-18H,2-11,13,22H2,1H3,(H,23,26)/t14-,15-,17-,18-,29?/m0/s1. The number of piperidine rings is 1. The molecule has 1 amide bonds. The van der Waals surface area contributed by atoms with Crippen LogP contribution in [0, 0.1) is 5.92 Å². The Morgan fingerprint density at radius 2 is 2.14 bits per heavy atom. The highest BCUT2D eigenvalue weighted by atomic mass is 32.2. The van der Waals surface area contributed by atoms with Gasteiger partial charge in [-0.15, -0.1) is 0 Å². The highest BCUT2D eigenvalue weighted by Crippen LogP contribution is 2.40. The van der Waals surface area contributed by atoms with Crippen molar-refractivity contribution in [2.24, 2.45) is 11.7 Å².